The fourth-order valence-electron chi connectivity index (χ4n) is 19.9. The number of nitrogens with zero attached hydrogens (tertiary/aromatic N) is 4. The summed E-state index contributed by atoms with van der Waals surface area (Å²) in [6, 6.07) is 167. The van der Waals surface area contributed by atoms with E-state index in [-0.39, 0.29) is 5.82 Å². The minimum absolute atomic E-state index is 0.236. The lowest BCUT2D eigenvalue weighted by Gasteiger charge is -2.28. The van der Waals surface area contributed by atoms with Crippen molar-refractivity contribution in [3.8, 4) is 89.0 Å². The molecule has 0 bridgehead atoms. The molecule has 0 saturated carbocycles. The highest BCUT2D eigenvalue weighted by atomic mass is 19.1. The molecule has 0 radical (unpaired) electrons. The number of fused-ring (bicyclic) bond motifs is 12. The van der Waals surface area contributed by atoms with Crippen molar-refractivity contribution < 1.29 is 4.39 Å². The number of halogens is 1. The van der Waals surface area contributed by atoms with Gasteiger partial charge in [0.05, 0.1) is 0 Å². The van der Waals surface area contributed by atoms with Crippen LogP contribution in [0.3, 0.4) is 0 Å². The van der Waals surface area contributed by atoms with Crippen molar-refractivity contribution in [2.45, 2.75) is 67.2 Å². The highest BCUT2D eigenvalue weighted by Gasteiger charge is 2.26. The molecule has 0 saturated heterocycles. The maximum Gasteiger partial charge on any atom is 0.123 e. The fourth-order valence-corrected chi connectivity index (χ4v) is 19.9. The highest BCUT2D eigenvalue weighted by Crippen LogP contribution is 2.48. The van der Waals surface area contributed by atoms with Crippen LogP contribution in [0.2, 0.25) is 0 Å². The molecule has 5 heteroatoms. The third kappa shape index (κ3) is 18.0. The molecule has 0 amide bonds. The highest BCUT2D eigenvalue weighted by molar-refractivity contribution is 5.90. The van der Waals surface area contributed by atoms with Crippen LogP contribution in [0.15, 0.2) is 467 Å². The third-order valence-corrected chi connectivity index (χ3v) is 26.9. The molecule has 4 aliphatic carbocycles. The Morgan fingerprint density at radius 3 is 0.689 bits per heavy atom. The van der Waals surface area contributed by atoms with Gasteiger partial charge in [-0.15, -0.1) is 0 Å². The van der Waals surface area contributed by atoms with E-state index in [1.54, 1.807) is 0 Å². The van der Waals surface area contributed by atoms with Crippen LogP contribution in [-0.2, 0) is 25.7 Å². The van der Waals surface area contributed by atoms with Crippen LogP contribution in [0.5, 0.6) is 0 Å². The van der Waals surface area contributed by atoms with Crippen molar-refractivity contribution in [3.63, 3.8) is 0 Å². The second-order valence-electron chi connectivity index (χ2n) is 36.1. The van der Waals surface area contributed by atoms with Crippen LogP contribution in [0.25, 0.3) is 89.0 Å². The monoisotopic (exact) mass is 1740 g/mol. The van der Waals surface area contributed by atoms with Gasteiger partial charge >= 0.3 is 0 Å². The van der Waals surface area contributed by atoms with Gasteiger partial charge in [-0.3, -0.25) is 0 Å². The fraction of sp³-hybridized carbons (Fsp3) is 0.0769. The zero-order chi connectivity index (χ0) is 91.4. The van der Waals surface area contributed by atoms with Crippen molar-refractivity contribution in [2.75, 3.05) is 19.6 Å². The summed E-state index contributed by atoms with van der Waals surface area (Å²) >= 11 is 0. The quantitative estimate of drug-likeness (QED) is 0.0956. The number of hydrogen-bond acceptors (Lipinski definition) is 4. The van der Waals surface area contributed by atoms with Crippen LogP contribution in [0.4, 0.5) is 72.6 Å². The van der Waals surface area contributed by atoms with Gasteiger partial charge < -0.3 is 19.6 Å². The minimum atomic E-state index is -0.236. The molecule has 4 nitrogen and oxygen atoms in total. The second kappa shape index (κ2) is 37.8. The SMILES string of the molecule is Cc1ccc(N(c2ccc(C)cc2)c2ccc(-c3ccc4c(c3)-c3ccccc3C4)cc2)cc1.Cc1cccc(N(c2ccc(-c3ccc4c(c3)-c3ccccc3C4)cc2)c2cccc(C)c2)c1.Cc1ccccc1N(c1ccc(-c2ccc3c(c2)-c2ccccc2C3)cc1)c1ccccc1C.Fc1ccc(N(c2ccccc2)c2ccc(-c3ccc4c(c3)-c3ccccc3C4)cc2)cc1. The summed E-state index contributed by atoms with van der Waals surface area (Å²) in [6.45, 7) is 12.9. The van der Waals surface area contributed by atoms with E-state index in [9.17, 15) is 4.39 Å². The lowest BCUT2D eigenvalue weighted by molar-refractivity contribution is 0.628. The Hall–Kier alpha value is -16.5. The van der Waals surface area contributed by atoms with Gasteiger partial charge in [-0.1, -0.05) is 308 Å². The molecular formula is C130H103FN4. The maximum atomic E-state index is 13.6. The number of para-hydroxylation sites is 3. The topological polar surface area (TPSA) is 13.0 Å². The zero-order valence-corrected chi connectivity index (χ0v) is 77.0. The van der Waals surface area contributed by atoms with Gasteiger partial charge in [0.15, 0.2) is 0 Å². The summed E-state index contributed by atoms with van der Waals surface area (Å²) in [5.41, 5.74) is 53.3. The number of aryl methyl sites for hydroxylation is 6. The molecule has 0 N–H and O–H groups in total. The van der Waals surface area contributed by atoms with E-state index in [0.717, 1.165) is 65.5 Å². The normalized spacial score (nSPS) is 11.7. The lowest BCUT2D eigenvalue weighted by atomic mass is 9.98. The van der Waals surface area contributed by atoms with Crippen LogP contribution in [0.1, 0.15) is 77.9 Å². The Balaban J connectivity index is 0.000000108. The van der Waals surface area contributed by atoms with Gasteiger partial charge in [-0.2, -0.15) is 0 Å². The van der Waals surface area contributed by atoms with E-state index < -0.39 is 0 Å². The van der Waals surface area contributed by atoms with Crippen molar-refractivity contribution in [2.24, 2.45) is 0 Å². The average molecular weight is 1740 g/mol. The average Bonchev–Trinajstić information content (AvgIpc) is 1.65. The standard InChI is InChI=1S/3C33H27N.C31H22FN/c1-23-9-3-7-13-32(23)34(33-14-8-4-10-24(33)2)29-19-17-25(18-20-29)26-15-16-28-21-27-11-5-6-12-30(27)31(28)22-26;1-23-7-5-10-30(19-23)34(31-11-6-8-24(2)20-31)29-17-15-25(16-18-29)26-13-14-28-21-27-9-3-4-12-32(27)33(28)22-26;1-23-7-15-29(16-8-23)34(30-17-9-24(2)10-18-30)31-19-13-25(14-20-31)26-11-12-28-21-27-5-3-4-6-32(27)33(28)22-26;32-26-14-18-29(19-15-26)33(27-7-2-1-3-8-27)28-16-12-22(13-17-28)23-10-11-25-20-24-6-4-5-9-30(24)31(25)21-23/h3*3-20,22H,21H2,1-2H3;1-19,21H,20H2. The summed E-state index contributed by atoms with van der Waals surface area (Å²) in [5.74, 6) is -0.236. The second-order valence-corrected chi connectivity index (χ2v) is 36.1. The molecule has 0 aliphatic heterocycles. The Labute approximate surface area is 793 Å². The zero-order valence-electron chi connectivity index (χ0n) is 77.0. The predicted molar refractivity (Wildman–Crippen MR) is 568 cm³/mol. The van der Waals surface area contributed by atoms with Crippen LogP contribution in [-0.4, -0.2) is 0 Å². The molecular weight excluding hydrogens is 1640 g/mol. The maximum absolute atomic E-state index is 13.6. The number of hydrogen-bond donors (Lipinski definition) is 0. The first-order chi connectivity index (χ1) is 66.3. The Bertz CT molecular complexity index is 7570. The number of rotatable bonds is 16. The molecule has 0 spiro atoms. The summed E-state index contributed by atoms with van der Waals surface area (Å²) < 4.78 is 13.6. The minimum Gasteiger partial charge on any atom is -0.311 e. The Morgan fingerprint density at radius 1 is 0.156 bits per heavy atom. The summed E-state index contributed by atoms with van der Waals surface area (Å²) in [5, 5.41) is 0. The van der Waals surface area contributed by atoms with Crippen molar-refractivity contribution >= 4 is 68.2 Å². The van der Waals surface area contributed by atoms with Gasteiger partial charge in [0.25, 0.3) is 0 Å². The molecule has 0 atom stereocenters. The van der Waals surface area contributed by atoms with Gasteiger partial charge in [-0.25, -0.2) is 4.39 Å². The molecule has 4 aliphatic rings. The first-order valence-electron chi connectivity index (χ1n) is 46.9. The molecule has 650 valence electrons. The van der Waals surface area contributed by atoms with Crippen LogP contribution in [0, 0.1) is 47.4 Å². The van der Waals surface area contributed by atoms with Gasteiger partial charge in [0, 0.05) is 68.2 Å². The smallest absolute Gasteiger partial charge is 0.123 e. The molecule has 24 rings (SSSR count). The van der Waals surface area contributed by atoms with Crippen LogP contribution < -0.4 is 19.6 Å². The molecule has 0 heterocycles. The molecule has 135 heavy (non-hydrogen) atoms. The van der Waals surface area contributed by atoms with Crippen molar-refractivity contribution in [1.29, 1.82) is 0 Å². The summed E-state index contributed by atoms with van der Waals surface area (Å²) in [7, 11) is 0. The van der Waals surface area contributed by atoms with Crippen LogP contribution >= 0.6 is 0 Å². The summed E-state index contributed by atoms with van der Waals surface area (Å²) in [4.78, 5) is 9.17. The first kappa shape index (κ1) is 85.3. The molecule has 0 unspecified atom stereocenters. The van der Waals surface area contributed by atoms with Crippen molar-refractivity contribution in [3.05, 3.63) is 551 Å². The largest absolute Gasteiger partial charge is 0.311 e. The van der Waals surface area contributed by atoms with E-state index in [1.165, 1.54) is 207 Å². The third-order valence-electron chi connectivity index (χ3n) is 26.9. The van der Waals surface area contributed by atoms with E-state index in [0.29, 0.717) is 0 Å². The van der Waals surface area contributed by atoms with E-state index >= 15 is 0 Å². The van der Waals surface area contributed by atoms with E-state index in [2.05, 4.69) is 486 Å². The molecule has 20 aromatic carbocycles. The number of anilines is 12. The number of benzene rings is 20. The Morgan fingerprint density at radius 2 is 0.385 bits per heavy atom. The Kier molecular flexibility index (Phi) is 23.9. The molecule has 0 fully saturated rings. The van der Waals surface area contributed by atoms with Gasteiger partial charge in [-0.05, 0) is 393 Å². The van der Waals surface area contributed by atoms with Gasteiger partial charge in [0.1, 0.15) is 5.82 Å². The lowest BCUT2D eigenvalue weighted by Crippen LogP contribution is -2.12. The predicted octanol–water partition coefficient (Wildman–Crippen LogP) is 35.6. The van der Waals surface area contributed by atoms with E-state index in [4.69, 9.17) is 0 Å². The summed E-state index contributed by atoms with van der Waals surface area (Å²) in [6.07, 6.45) is 4.11. The van der Waals surface area contributed by atoms with Crippen molar-refractivity contribution in [1.82, 2.24) is 0 Å². The molecule has 0 aromatic heterocycles. The van der Waals surface area contributed by atoms with Gasteiger partial charge in [0.2, 0.25) is 0 Å². The molecule has 20 aromatic rings. The first-order valence-corrected chi connectivity index (χ1v) is 46.9. The van der Waals surface area contributed by atoms with E-state index in [1.807, 2.05) is 30.3 Å².